The number of nitrogens with two attached hydrogens (primary N) is 1. The second kappa shape index (κ2) is 5.68. The van der Waals surface area contributed by atoms with Crippen LogP contribution in [0.3, 0.4) is 0 Å². The minimum absolute atomic E-state index is 0.206. The van der Waals surface area contributed by atoms with Gasteiger partial charge in [0.25, 0.3) is 0 Å². The second-order valence-electron chi connectivity index (χ2n) is 5.82. The quantitative estimate of drug-likeness (QED) is 0.459. The first-order chi connectivity index (χ1) is 9.70. The maximum atomic E-state index is 7.99. The average molecular weight is 289 g/mol. The number of nitrogen functional groups attached to an aromatic ring is 1. The zero-order valence-electron chi connectivity index (χ0n) is 12.1. The van der Waals surface area contributed by atoms with E-state index < -0.39 is 0 Å². The van der Waals surface area contributed by atoms with Gasteiger partial charge in [-0.25, -0.2) is 0 Å². The lowest BCUT2D eigenvalue weighted by Gasteiger charge is -2.28. The van der Waals surface area contributed by atoms with Crippen molar-refractivity contribution in [3.63, 3.8) is 0 Å². The van der Waals surface area contributed by atoms with Crippen LogP contribution >= 0.6 is 11.8 Å². The Hall–Kier alpha value is -1.16. The van der Waals surface area contributed by atoms with Crippen molar-refractivity contribution in [2.75, 3.05) is 17.2 Å². The van der Waals surface area contributed by atoms with Gasteiger partial charge in [-0.2, -0.15) is 0 Å². The summed E-state index contributed by atoms with van der Waals surface area (Å²) in [5.41, 5.74) is 8.03. The van der Waals surface area contributed by atoms with E-state index in [2.05, 4.69) is 30.0 Å². The van der Waals surface area contributed by atoms with Crippen LogP contribution in [-0.4, -0.2) is 24.2 Å². The molecule has 0 bridgehead atoms. The first-order valence-corrected chi connectivity index (χ1v) is 8.56. The molecule has 3 rings (SSSR count). The Balaban J connectivity index is 1.96. The molecule has 2 aliphatic rings. The smallest absolute Gasteiger partial charge is 0.126 e. The van der Waals surface area contributed by atoms with Gasteiger partial charge in [0.05, 0.1) is 5.56 Å². The lowest BCUT2D eigenvalue weighted by molar-refractivity contribution is 0.717. The molecule has 0 heterocycles. The summed E-state index contributed by atoms with van der Waals surface area (Å²) in [6.07, 6.45) is 5.30. The first-order valence-electron chi connectivity index (χ1n) is 7.57. The molecule has 108 valence electrons. The lowest BCUT2D eigenvalue weighted by Crippen LogP contribution is -2.31. The Morgan fingerprint density at radius 2 is 2.10 bits per heavy atom. The fraction of sp³-hybridized carbons (Fsp3) is 0.562. The van der Waals surface area contributed by atoms with Crippen molar-refractivity contribution in [2.24, 2.45) is 11.7 Å². The molecule has 3 N–H and O–H groups in total. The normalized spacial score (nSPS) is 18.1. The van der Waals surface area contributed by atoms with Crippen LogP contribution < -0.4 is 10.6 Å². The topological polar surface area (TPSA) is 53.1 Å². The van der Waals surface area contributed by atoms with E-state index in [0.29, 0.717) is 6.04 Å². The summed E-state index contributed by atoms with van der Waals surface area (Å²) in [7, 11) is 0. The predicted molar refractivity (Wildman–Crippen MR) is 86.9 cm³/mol. The van der Waals surface area contributed by atoms with Crippen LogP contribution in [0, 0.1) is 11.3 Å². The molecule has 0 aromatic heterocycles. The highest BCUT2D eigenvalue weighted by atomic mass is 32.2. The highest BCUT2D eigenvalue weighted by Crippen LogP contribution is 2.40. The van der Waals surface area contributed by atoms with E-state index in [1.54, 1.807) is 11.8 Å². The van der Waals surface area contributed by atoms with Crippen molar-refractivity contribution >= 4 is 23.3 Å². The molecule has 2 fully saturated rings. The highest BCUT2D eigenvalue weighted by Gasteiger charge is 2.35. The van der Waals surface area contributed by atoms with E-state index in [9.17, 15) is 0 Å². The summed E-state index contributed by atoms with van der Waals surface area (Å²) in [4.78, 5) is 3.67. The van der Waals surface area contributed by atoms with E-state index in [1.165, 1.54) is 31.4 Å². The number of amidine groups is 1. The Morgan fingerprint density at radius 1 is 1.35 bits per heavy atom. The largest absolute Gasteiger partial charge is 0.384 e. The molecule has 1 aromatic carbocycles. The number of hydrogen-bond donors (Lipinski definition) is 2. The van der Waals surface area contributed by atoms with Gasteiger partial charge >= 0.3 is 0 Å². The Bertz CT molecular complexity index is 506. The fourth-order valence-electron chi connectivity index (χ4n) is 2.71. The summed E-state index contributed by atoms with van der Waals surface area (Å²) >= 11 is 1.78. The minimum atomic E-state index is 0.206. The number of hydrogen-bond acceptors (Lipinski definition) is 3. The van der Waals surface area contributed by atoms with Gasteiger partial charge in [-0.05, 0) is 49.5 Å². The number of thioether (sulfide) groups is 1. The third-order valence-electron chi connectivity index (χ3n) is 4.02. The molecule has 3 nitrogen and oxygen atoms in total. The van der Waals surface area contributed by atoms with Crippen molar-refractivity contribution in [3.05, 3.63) is 23.8 Å². The van der Waals surface area contributed by atoms with Gasteiger partial charge in [-0.1, -0.05) is 13.0 Å². The molecule has 20 heavy (non-hydrogen) atoms. The van der Waals surface area contributed by atoms with Crippen LogP contribution in [0.25, 0.3) is 0 Å². The van der Waals surface area contributed by atoms with Crippen molar-refractivity contribution in [3.8, 4) is 0 Å². The minimum Gasteiger partial charge on any atom is -0.384 e. The number of nitrogens with zero attached hydrogens (tertiary/aromatic N) is 1. The second-order valence-corrected chi connectivity index (χ2v) is 7.13. The first kappa shape index (κ1) is 13.8. The molecule has 0 unspecified atom stereocenters. The van der Waals surface area contributed by atoms with Crippen LogP contribution in [0.15, 0.2) is 23.1 Å². The molecule has 2 aliphatic carbocycles. The number of anilines is 1. The Morgan fingerprint density at radius 3 is 2.65 bits per heavy atom. The number of nitrogens with one attached hydrogen (secondary N) is 1. The lowest BCUT2D eigenvalue weighted by atomic mass is 10.1. The van der Waals surface area contributed by atoms with Crippen LogP contribution in [0.2, 0.25) is 0 Å². The fourth-order valence-corrected chi connectivity index (χ4v) is 3.56. The van der Waals surface area contributed by atoms with E-state index >= 15 is 0 Å². The maximum Gasteiger partial charge on any atom is 0.126 e. The van der Waals surface area contributed by atoms with Gasteiger partial charge < -0.3 is 10.6 Å². The SMILES string of the molecule is CCSc1cccc(N(CC2CC2)C2CC2)c1C(=N)N. The summed E-state index contributed by atoms with van der Waals surface area (Å²) in [6, 6.07) is 7.03. The van der Waals surface area contributed by atoms with Crippen molar-refractivity contribution in [1.82, 2.24) is 0 Å². The number of rotatable bonds is 7. The van der Waals surface area contributed by atoms with E-state index in [-0.39, 0.29) is 5.84 Å². The van der Waals surface area contributed by atoms with Crippen molar-refractivity contribution in [1.29, 1.82) is 5.41 Å². The summed E-state index contributed by atoms with van der Waals surface area (Å²) in [5.74, 6) is 2.08. The molecule has 2 saturated carbocycles. The van der Waals surface area contributed by atoms with Crippen LogP contribution in [-0.2, 0) is 0 Å². The van der Waals surface area contributed by atoms with E-state index in [0.717, 1.165) is 28.7 Å². The average Bonchev–Trinajstić information content (AvgIpc) is 3.28. The van der Waals surface area contributed by atoms with Crippen LogP contribution in [0.4, 0.5) is 5.69 Å². The van der Waals surface area contributed by atoms with Crippen LogP contribution in [0.5, 0.6) is 0 Å². The Kier molecular flexibility index (Phi) is 3.92. The Labute approximate surface area is 125 Å². The van der Waals surface area contributed by atoms with Gasteiger partial charge in [0, 0.05) is 23.2 Å². The zero-order chi connectivity index (χ0) is 14.1. The summed E-state index contributed by atoms with van der Waals surface area (Å²) in [6.45, 7) is 3.29. The standard InChI is InChI=1S/C16H23N3S/c1-2-20-14-5-3-4-13(15(14)16(17)18)19(12-8-9-12)10-11-6-7-11/h3-5,11-12H,2,6-10H2,1H3,(H3,17,18). The predicted octanol–water partition coefficient (Wildman–Crippen LogP) is 3.46. The third-order valence-corrected chi connectivity index (χ3v) is 4.96. The molecular formula is C16H23N3S. The monoisotopic (exact) mass is 289 g/mol. The summed E-state index contributed by atoms with van der Waals surface area (Å²) < 4.78 is 0. The molecule has 0 spiro atoms. The van der Waals surface area contributed by atoms with E-state index in [4.69, 9.17) is 11.1 Å². The summed E-state index contributed by atoms with van der Waals surface area (Å²) in [5, 5.41) is 7.99. The van der Waals surface area contributed by atoms with Gasteiger partial charge in [0.2, 0.25) is 0 Å². The zero-order valence-corrected chi connectivity index (χ0v) is 12.9. The third kappa shape index (κ3) is 2.95. The molecule has 0 saturated heterocycles. The van der Waals surface area contributed by atoms with E-state index in [1.807, 2.05) is 0 Å². The molecule has 1 aromatic rings. The van der Waals surface area contributed by atoms with Gasteiger partial charge in [0.15, 0.2) is 0 Å². The van der Waals surface area contributed by atoms with Crippen molar-refractivity contribution in [2.45, 2.75) is 43.5 Å². The molecule has 0 amide bonds. The molecule has 0 atom stereocenters. The molecule has 4 heteroatoms. The number of benzene rings is 1. The molecule has 0 radical (unpaired) electrons. The highest BCUT2D eigenvalue weighted by molar-refractivity contribution is 7.99. The van der Waals surface area contributed by atoms with Crippen molar-refractivity contribution < 1.29 is 0 Å². The van der Waals surface area contributed by atoms with Gasteiger partial charge in [-0.15, -0.1) is 11.8 Å². The van der Waals surface area contributed by atoms with Crippen LogP contribution in [0.1, 0.15) is 38.2 Å². The van der Waals surface area contributed by atoms with Gasteiger partial charge in [0.1, 0.15) is 5.84 Å². The molecule has 0 aliphatic heterocycles. The molecular weight excluding hydrogens is 266 g/mol. The van der Waals surface area contributed by atoms with Gasteiger partial charge in [-0.3, -0.25) is 5.41 Å². The maximum absolute atomic E-state index is 7.99.